The Morgan fingerprint density at radius 2 is 1.84 bits per heavy atom. The van der Waals surface area contributed by atoms with Crippen LogP contribution in [0.2, 0.25) is 0 Å². The van der Waals surface area contributed by atoms with Gasteiger partial charge in [-0.25, -0.2) is 9.97 Å². The lowest BCUT2D eigenvalue weighted by molar-refractivity contribution is 0.457. The number of hydrogen-bond acceptors (Lipinski definition) is 5. The van der Waals surface area contributed by atoms with Crippen molar-refractivity contribution in [1.29, 1.82) is 0 Å². The van der Waals surface area contributed by atoms with Crippen LogP contribution < -0.4 is 4.74 Å². The molecule has 3 rings (SSSR count). The molecule has 0 amide bonds. The van der Waals surface area contributed by atoms with E-state index in [9.17, 15) is 5.11 Å². The van der Waals surface area contributed by atoms with Gasteiger partial charge >= 0.3 is 0 Å². The van der Waals surface area contributed by atoms with E-state index >= 15 is 0 Å². The van der Waals surface area contributed by atoms with Gasteiger partial charge in [0.2, 0.25) is 5.88 Å². The Hall–Kier alpha value is -2.14. The maximum Gasteiger partial charge on any atom is 0.231 e. The third kappa shape index (κ3) is 2.13. The number of hydrogen-bond donors (Lipinski definition) is 1. The molecule has 5 heteroatoms. The summed E-state index contributed by atoms with van der Waals surface area (Å²) in [6.45, 7) is 4.10. The molecule has 0 aliphatic carbocycles. The lowest BCUT2D eigenvalue weighted by Crippen LogP contribution is -1.90. The molecule has 2 aromatic heterocycles. The number of aryl methyl sites for hydroxylation is 2. The van der Waals surface area contributed by atoms with Crippen molar-refractivity contribution in [2.75, 3.05) is 0 Å². The van der Waals surface area contributed by atoms with Crippen molar-refractivity contribution in [2.45, 2.75) is 13.8 Å². The largest absolute Gasteiger partial charge is 0.508 e. The van der Waals surface area contributed by atoms with Crippen LogP contribution in [0.1, 0.15) is 10.4 Å². The number of benzene rings is 1. The quantitative estimate of drug-likeness (QED) is 0.770. The van der Waals surface area contributed by atoms with Crippen LogP contribution in [0.25, 0.3) is 10.2 Å². The van der Waals surface area contributed by atoms with Crippen LogP contribution in [-0.2, 0) is 0 Å². The minimum Gasteiger partial charge on any atom is -0.508 e. The van der Waals surface area contributed by atoms with E-state index in [0.29, 0.717) is 11.6 Å². The zero-order valence-corrected chi connectivity index (χ0v) is 11.4. The van der Waals surface area contributed by atoms with Gasteiger partial charge in [0.05, 0.1) is 5.39 Å². The number of nitrogens with zero attached hydrogens (tertiary/aromatic N) is 2. The smallest absolute Gasteiger partial charge is 0.231 e. The second-order valence-corrected chi connectivity index (χ2v) is 5.44. The molecule has 1 aromatic carbocycles. The van der Waals surface area contributed by atoms with Gasteiger partial charge < -0.3 is 9.84 Å². The highest BCUT2D eigenvalue weighted by Crippen LogP contribution is 2.35. The average Bonchev–Trinajstić information content (AvgIpc) is 2.69. The minimum absolute atomic E-state index is 0.211. The molecule has 0 saturated heterocycles. The molecular weight excluding hydrogens is 260 g/mol. The van der Waals surface area contributed by atoms with Gasteiger partial charge in [-0.05, 0) is 43.7 Å². The van der Waals surface area contributed by atoms with Gasteiger partial charge in [0.1, 0.15) is 22.7 Å². The maximum atomic E-state index is 9.26. The van der Waals surface area contributed by atoms with E-state index < -0.39 is 0 Å². The summed E-state index contributed by atoms with van der Waals surface area (Å²) in [6, 6.07) is 6.58. The van der Waals surface area contributed by atoms with Crippen molar-refractivity contribution >= 4 is 21.6 Å². The molecule has 0 atom stereocenters. The number of aromatic hydroxyl groups is 1. The average molecular weight is 272 g/mol. The topological polar surface area (TPSA) is 55.2 Å². The summed E-state index contributed by atoms with van der Waals surface area (Å²) >= 11 is 1.63. The molecule has 0 bridgehead atoms. The number of ether oxygens (including phenoxy) is 1. The molecule has 0 aliphatic rings. The minimum atomic E-state index is 0.211. The zero-order valence-electron chi connectivity index (χ0n) is 10.5. The normalized spacial score (nSPS) is 10.8. The molecule has 96 valence electrons. The monoisotopic (exact) mass is 272 g/mol. The third-order valence-corrected chi connectivity index (χ3v) is 4.10. The van der Waals surface area contributed by atoms with Gasteiger partial charge in [-0.2, -0.15) is 0 Å². The molecule has 0 unspecified atom stereocenters. The number of phenols is 1. The molecule has 4 nitrogen and oxygen atoms in total. The van der Waals surface area contributed by atoms with E-state index in [-0.39, 0.29) is 5.75 Å². The highest BCUT2D eigenvalue weighted by Gasteiger charge is 2.13. The van der Waals surface area contributed by atoms with E-state index in [1.807, 2.05) is 6.92 Å². The Kier molecular flexibility index (Phi) is 2.83. The second-order valence-electron chi connectivity index (χ2n) is 4.24. The first-order valence-electron chi connectivity index (χ1n) is 5.83. The standard InChI is InChI=1S/C14H12N2O2S/c1-8-9(2)19-14-12(8)13(15-7-16-14)18-11-5-3-10(17)4-6-11/h3-7,17H,1-2H3. The second kappa shape index (κ2) is 4.51. The van der Waals surface area contributed by atoms with Gasteiger partial charge in [0.15, 0.2) is 0 Å². The SMILES string of the molecule is Cc1sc2ncnc(Oc3ccc(O)cc3)c2c1C. The van der Waals surface area contributed by atoms with Gasteiger partial charge in [0, 0.05) is 4.88 Å². The van der Waals surface area contributed by atoms with Crippen molar-refractivity contribution in [3.05, 3.63) is 41.0 Å². The molecule has 2 heterocycles. The first-order valence-corrected chi connectivity index (χ1v) is 6.64. The highest BCUT2D eigenvalue weighted by atomic mass is 32.1. The van der Waals surface area contributed by atoms with Gasteiger partial charge in [0.25, 0.3) is 0 Å². The van der Waals surface area contributed by atoms with Crippen molar-refractivity contribution < 1.29 is 9.84 Å². The maximum absolute atomic E-state index is 9.26. The molecule has 0 fully saturated rings. The Balaban J connectivity index is 2.07. The van der Waals surface area contributed by atoms with Crippen LogP contribution in [0, 0.1) is 13.8 Å². The van der Waals surface area contributed by atoms with E-state index in [1.165, 1.54) is 11.2 Å². The van der Waals surface area contributed by atoms with E-state index in [1.54, 1.807) is 35.6 Å². The first-order chi connectivity index (χ1) is 9.15. The van der Waals surface area contributed by atoms with Gasteiger partial charge in [-0.15, -0.1) is 11.3 Å². The molecule has 0 radical (unpaired) electrons. The van der Waals surface area contributed by atoms with Crippen LogP contribution in [0.15, 0.2) is 30.6 Å². The summed E-state index contributed by atoms with van der Waals surface area (Å²) < 4.78 is 5.79. The molecular formula is C14H12N2O2S. The molecule has 19 heavy (non-hydrogen) atoms. The first kappa shape index (κ1) is 11.9. The Labute approximate surface area is 114 Å². The Morgan fingerprint density at radius 1 is 1.11 bits per heavy atom. The fourth-order valence-electron chi connectivity index (χ4n) is 1.85. The highest BCUT2D eigenvalue weighted by molar-refractivity contribution is 7.18. The summed E-state index contributed by atoms with van der Waals surface area (Å²) in [7, 11) is 0. The molecule has 0 spiro atoms. The van der Waals surface area contributed by atoms with Gasteiger partial charge in [-0.1, -0.05) is 0 Å². The van der Waals surface area contributed by atoms with Crippen LogP contribution in [0.5, 0.6) is 17.4 Å². The Morgan fingerprint density at radius 3 is 2.58 bits per heavy atom. The van der Waals surface area contributed by atoms with Crippen LogP contribution >= 0.6 is 11.3 Å². The van der Waals surface area contributed by atoms with Gasteiger partial charge in [-0.3, -0.25) is 0 Å². The number of thiophene rings is 1. The van der Waals surface area contributed by atoms with Crippen molar-refractivity contribution in [3.8, 4) is 17.4 Å². The predicted molar refractivity (Wildman–Crippen MR) is 75.1 cm³/mol. The van der Waals surface area contributed by atoms with Crippen molar-refractivity contribution in [2.24, 2.45) is 0 Å². The summed E-state index contributed by atoms with van der Waals surface area (Å²) in [6.07, 6.45) is 1.51. The Bertz CT molecular complexity index is 735. The molecule has 0 saturated carbocycles. The zero-order chi connectivity index (χ0) is 13.4. The van der Waals surface area contributed by atoms with Crippen molar-refractivity contribution in [3.63, 3.8) is 0 Å². The van der Waals surface area contributed by atoms with Crippen LogP contribution in [0.3, 0.4) is 0 Å². The lowest BCUT2D eigenvalue weighted by Gasteiger charge is -2.06. The number of aromatic nitrogens is 2. The molecule has 0 aliphatic heterocycles. The summed E-state index contributed by atoms with van der Waals surface area (Å²) in [5.41, 5.74) is 1.15. The lowest BCUT2D eigenvalue weighted by atomic mass is 10.2. The number of fused-ring (bicyclic) bond motifs is 1. The summed E-state index contributed by atoms with van der Waals surface area (Å²) in [4.78, 5) is 10.6. The van der Waals surface area contributed by atoms with E-state index in [0.717, 1.165) is 15.8 Å². The summed E-state index contributed by atoms with van der Waals surface area (Å²) in [5, 5.41) is 10.2. The van der Waals surface area contributed by atoms with E-state index in [2.05, 4.69) is 16.9 Å². The predicted octanol–water partition coefficient (Wildman–Crippen LogP) is 3.81. The molecule has 1 N–H and O–H groups in total. The van der Waals surface area contributed by atoms with E-state index in [4.69, 9.17) is 4.74 Å². The number of phenolic OH excluding ortho intramolecular Hbond substituents is 1. The van der Waals surface area contributed by atoms with Crippen molar-refractivity contribution in [1.82, 2.24) is 9.97 Å². The fraction of sp³-hybridized carbons (Fsp3) is 0.143. The number of rotatable bonds is 2. The summed E-state index contributed by atoms with van der Waals surface area (Å²) in [5.74, 6) is 1.40. The fourth-order valence-corrected chi connectivity index (χ4v) is 2.84. The third-order valence-electron chi connectivity index (χ3n) is 2.98. The molecule has 3 aromatic rings. The van der Waals surface area contributed by atoms with Crippen LogP contribution in [-0.4, -0.2) is 15.1 Å². The van der Waals surface area contributed by atoms with Crippen LogP contribution in [0.4, 0.5) is 0 Å².